The molecule has 3 heteroatoms. The Hall–Kier alpha value is -1.30. The first kappa shape index (κ1) is 8.31. The van der Waals surface area contributed by atoms with E-state index in [4.69, 9.17) is 16.7 Å². The third-order valence-electron chi connectivity index (χ3n) is 2.77. The van der Waals surface area contributed by atoms with Gasteiger partial charge < -0.3 is 10.2 Å². The Morgan fingerprint density at radius 3 is 2.69 bits per heavy atom. The van der Waals surface area contributed by atoms with Crippen molar-refractivity contribution in [2.75, 3.05) is 0 Å². The lowest BCUT2D eigenvalue weighted by atomic mass is 9.81. The zero-order chi connectivity index (χ0) is 9.31. The molecular weight excluding hydrogens is 164 g/mol. The van der Waals surface area contributed by atoms with E-state index in [-0.39, 0.29) is 5.60 Å². The number of nitrogens with zero attached hydrogens (tertiary/aromatic N) is 1. The van der Waals surface area contributed by atoms with Crippen LogP contribution in [0.4, 0.5) is 0 Å². The minimum absolute atomic E-state index is 0.160. The van der Waals surface area contributed by atoms with Gasteiger partial charge >= 0.3 is 0 Å². The number of oxime groups is 1. The molecule has 68 valence electrons. The SMILES string of the molecule is C#CC1=NOC2(CCC(=N)CC2)C1. The molecule has 1 heterocycles. The fourth-order valence-electron chi connectivity index (χ4n) is 1.87. The lowest BCUT2D eigenvalue weighted by Gasteiger charge is -2.30. The predicted octanol–water partition coefficient (Wildman–Crippen LogP) is 1.73. The van der Waals surface area contributed by atoms with Gasteiger partial charge in [-0.2, -0.15) is 0 Å². The standard InChI is InChI=1S/C10H12N2O/c1-2-9-7-10(13-12-9)5-3-8(11)4-6-10/h1,11H,3-7H2. The zero-order valence-corrected chi connectivity index (χ0v) is 7.47. The minimum atomic E-state index is -0.160. The highest BCUT2D eigenvalue weighted by Gasteiger charge is 2.40. The molecule has 0 radical (unpaired) electrons. The second-order valence-electron chi connectivity index (χ2n) is 3.74. The summed E-state index contributed by atoms with van der Waals surface area (Å²) in [6.45, 7) is 0. The smallest absolute Gasteiger partial charge is 0.144 e. The Kier molecular flexibility index (Phi) is 1.84. The van der Waals surface area contributed by atoms with Crippen LogP contribution in [-0.2, 0) is 4.84 Å². The van der Waals surface area contributed by atoms with Gasteiger partial charge in [0.2, 0.25) is 0 Å². The first-order valence-electron chi connectivity index (χ1n) is 4.52. The largest absolute Gasteiger partial charge is 0.388 e. The van der Waals surface area contributed by atoms with Gasteiger partial charge in [0.15, 0.2) is 0 Å². The van der Waals surface area contributed by atoms with Crippen LogP contribution in [-0.4, -0.2) is 17.0 Å². The molecule has 0 aromatic rings. The molecule has 0 aromatic heterocycles. The van der Waals surface area contributed by atoms with Crippen LogP contribution in [0.25, 0.3) is 0 Å². The van der Waals surface area contributed by atoms with Crippen molar-refractivity contribution in [3.8, 4) is 12.3 Å². The van der Waals surface area contributed by atoms with Crippen molar-refractivity contribution < 1.29 is 4.84 Å². The molecule has 1 fully saturated rings. The molecule has 1 spiro atoms. The van der Waals surface area contributed by atoms with Crippen LogP contribution in [0.2, 0.25) is 0 Å². The molecule has 1 saturated carbocycles. The van der Waals surface area contributed by atoms with E-state index in [1.807, 2.05) is 0 Å². The molecule has 1 aliphatic carbocycles. The van der Waals surface area contributed by atoms with Crippen molar-refractivity contribution in [3.05, 3.63) is 0 Å². The zero-order valence-electron chi connectivity index (χ0n) is 7.47. The van der Waals surface area contributed by atoms with E-state index in [1.165, 1.54) is 0 Å². The molecule has 1 aliphatic heterocycles. The molecule has 0 bridgehead atoms. The van der Waals surface area contributed by atoms with E-state index in [1.54, 1.807) is 0 Å². The minimum Gasteiger partial charge on any atom is -0.388 e. The van der Waals surface area contributed by atoms with Gasteiger partial charge in [0, 0.05) is 12.1 Å². The van der Waals surface area contributed by atoms with Crippen LogP contribution >= 0.6 is 0 Å². The van der Waals surface area contributed by atoms with Crippen molar-refractivity contribution >= 4 is 11.4 Å². The average Bonchev–Trinajstić information content (AvgIpc) is 2.55. The summed E-state index contributed by atoms with van der Waals surface area (Å²) in [5.74, 6) is 2.52. The maximum atomic E-state index is 7.50. The quantitative estimate of drug-likeness (QED) is 0.561. The molecule has 0 amide bonds. The van der Waals surface area contributed by atoms with Crippen molar-refractivity contribution in [2.24, 2.45) is 5.16 Å². The molecule has 0 aromatic carbocycles. The van der Waals surface area contributed by atoms with Crippen LogP contribution in [0.5, 0.6) is 0 Å². The Balaban J connectivity index is 2.03. The van der Waals surface area contributed by atoms with Crippen molar-refractivity contribution in [2.45, 2.75) is 37.7 Å². The molecular formula is C10H12N2O. The molecule has 2 aliphatic rings. The van der Waals surface area contributed by atoms with Crippen molar-refractivity contribution in [3.63, 3.8) is 0 Å². The van der Waals surface area contributed by atoms with E-state index < -0.39 is 0 Å². The van der Waals surface area contributed by atoms with Gasteiger partial charge in [-0.25, -0.2) is 0 Å². The number of hydrogen-bond acceptors (Lipinski definition) is 3. The second-order valence-corrected chi connectivity index (χ2v) is 3.74. The van der Waals surface area contributed by atoms with Crippen molar-refractivity contribution in [1.82, 2.24) is 0 Å². The summed E-state index contributed by atoms with van der Waals surface area (Å²) >= 11 is 0. The van der Waals surface area contributed by atoms with Crippen LogP contribution in [0, 0.1) is 17.8 Å². The molecule has 3 nitrogen and oxygen atoms in total. The van der Waals surface area contributed by atoms with Gasteiger partial charge in [0.25, 0.3) is 0 Å². The fraction of sp³-hybridized carbons (Fsp3) is 0.600. The molecule has 0 saturated heterocycles. The Morgan fingerprint density at radius 1 is 1.46 bits per heavy atom. The fourth-order valence-corrected chi connectivity index (χ4v) is 1.87. The number of terminal acetylenes is 1. The summed E-state index contributed by atoms with van der Waals surface area (Å²) in [5.41, 5.74) is 1.38. The average molecular weight is 176 g/mol. The molecule has 2 rings (SSSR count). The summed E-state index contributed by atoms with van der Waals surface area (Å²) in [5, 5.41) is 11.4. The normalized spacial score (nSPS) is 32.5. The maximum absolute atomic E-state index is 7.50. The highest BCUT2D eigenvalue weighted by Crippen LogP contribution is 2.36. The second kappa shape index (κ2) is 2.88. The van der Waals surface area contributed by atoms with Crippen LogP contribution < -0.4 is 0 Å². The van der Waals surface area contributed by atoms with Crippen molar-refractivity contribution in [1.29, 1.82) is 5.41 Å². The van der Waals surface area contributed by atoms with Gasteiger partial charge in [-0.05, 0) is 25.7 Å². The monoisotopic (exact) mass is 176 g/mol. The molecule has 0 atom stereocenters. The Labute approximate surface area is 77.7 Å². The van der Waals surface area contributed by atoms with Crippen LogP contribution in [0.3, 0.4) is 0 Å². The summed E-state index contributed by atoms with van der Waals surface area (Å²) in [6, 6.07) is 0. The summed E-state index contributed by atoms with van der Waals surface area (Å²) in [6.07, 6.45) is 9.44. The lowest BCUT2D eigenvalue weighted by molar-refractivity contribution is -0.0331. The third kappa shape index (κ3) is 1.44. The summed E-state index contributed by atoms with van der Waals surface area (Å²) in [7, 11) is 0. The molecule has 13 heavy (non-hydrogen) atoms. The van der Waals surface area contributed by atoms with Gasteiger partial charge in [-0.15, -0.1) is 6.42 Å². The Bertz CT molecular complexity index is 301. The third-order valence-corrected chi connectivity index (χ3v) is 2.77. The predicted molar refractivity (Wildman–Crippen MR) is 50.9 cm³/mol. The highest BCUT2D eigenvalue weighted by molar-refractivity contribution is 6.01. The van der Waals surface area contributed by atoms with Gasteiger partial charge in [-0.1, -0.05) is 11.1 Å². The van der Waals surface area contributed by atoms with E-state index in [0.29, 0.717) is 5.71 Å². The van der Waals surface area contributed by atoms with Gasteiger partial charge in [0.05, 0.1) is 0 Å². The van der Waals surface area contributed by atoms with E-state index >= 15 is 0 Å². The Morgan fingerprint density at radius 2 is 2.15 bits per heavy atom. The highest BCUT2D eigenvalue weighted by atomic mass is 16.7. The lowest BCUT2D eigenvalue weighted by Crippen LogP contribution is -2.34. The van der Waals surface area contributed by atoms with Crippen LogP contribution in [0.15, 0.2) is 5.16 Å². The summed E-state index contributed by atoms with van der Waals surface area (Å²) in [4.78, 5) is 5.38. The number of nitrogens with one attached hydrogen (secondary N) is 1. The number of hydrogen-bond donors (Lipinski definition) is 1. The molecule has 1 N–H and O–H groups in total. The van der Waals surface area contributed by atoms with Crippen LogP contribution in [0.1, 0.15) is 32.1 Å². The topological polar surface area (TPSA) is 45.4 Å². The maximum Gasteiger partial charge on any atom is 0.144 e. The number of rotatable bonds is 0. The van der Waals surface area contributed by atoms with E-state index in [9.17, 15) is 0 Å². The van der Waals surface area contributed by atoms with E-state index in [2.05, 4.69) is 11.1 Å². The van der Waals surface area contributed by atoms with Gasteiger partial charge in [-0.3, -0.25) is 0 Å². The summed E-state index contributed by atoms with van der Waals surface area (Å²) < 4.78 is 0. The van der Waals surface area contributed by atoms with E-state index in [0.717, 1.165) is 37.8 Å². The first-order valence-corrected chi connectivity index (χ1v) is 4.52. The molecule has 0 unspecified atom stereocenters. The van der Waals surface area contributed by atoms with Gasteiger partial charge in [0.1, 0.15) is 11.3 Å². The first-order chi connectivity index (χ1) is 6.24.